The maximum absolute atomic E-state index is 8.83. The maximum Gasteiger partial charge on any atom is 0.0884 e. The molecule has 0 unspecified atom stereocenters. The zero-order valence-electron chi connectivity index (χ0n) is 5.89. The molecule has 0 radical (unpaired) electrons. The van der Waals surface area contributed by atoms with Crippen molar-refractivity contribution in [1.29, 1.82) is 0 Å². The molecule has 1 heterocycles. The lowest BCUT2D eigenvalue weighted by molar-refractivity contribution is -0.0945. The van der Waals surface area contributed by atoms with Gasteiger partial charge < -0.3 is 9.84 Å². The van der Waals surface area contributed by atoms with Gasteiger partial charge in [0, 0.05) is 6.61 Å². The van der Waals surface area contributed by atoms with Crippen molar-refractivity contribution in [2.75, 3.05) is 13.2 Å². The van der Waals surface area contributed by atoms with Crippen LogP contribution >= 0.6 is 0 Å². The second-order valence-corrected chi connectivity index (χ2v) is 2.91. The van der Waals surface area contributed by atoms with Gasteiger partial charge in [0.1, 0.15) is 0 Å². The minimum Gasteiger partial charge on any atom is -0.393 e. The molecule has 9 heavy (non-hydrogen) atoms. The molecule has 54 valence electrons. The second kappa shape index (κ2) is 2.67. The number of rotatable bonds is 1. The summed E-state index contributed by atoms with van der Waals surface area (Å²) in [7, 11) is 0. The number of hydrogen-bond acceptors (Lipinski definition) is 2. The molecule has 0 aliphatic carbocycles. The molecule has 0 spiro atoms. The number of aliphatic hydroxyl groups excluding tert-OH is 1. The average molecular weight is 130 g/mol. The Labute approximate surface area is 55.8 Å². The highest BCUT2D eigenvalue weighted by atomic mass is 16.5. The largest absolute Gasteiger partial charge is 0.393 e. The summed E-state index contributed by atoms with van der Waals surface area (Å²) in [6.45, 7) is 2.94. The van der Waals surface area contributed by atoms with Crippen molar-refractivity contribution >= 4 is 0 Å². The molecular weight excluding hydrogens is 116 g/mol. The predicted octanol–water partition coefficient (Wildman–Crippen LogP) is 0.938. The lowest BCUT2D eigenvalue weighted by atomic mass is 9.97. The highest BCUT2D eigenvalue weighted by Crippen LogP contribution is 2.22. The van der Waals surface area contributed by atoms with Gasteiger partial charge in [0.15, 0.2) is 0 Å². The molecule has 2 nitrogen and oxygen atoms in total. The van der Waals surface area contributed by atoms with Crippen molar-refractivity contribution in [3.8, 4) is 0 Å². The van der Waals surface area contributed by atoms with Crippen molar-refractivity contribution in [2.45, 2.75) is 31.8 Å². The molecule has 0 saturated carbocycles. The zero-order valence-corrected chi connectivity index (χ0v) is 5.89. The van der Waals surface area contributed by atoms with Crippen LogP contribution in [0.15, 0.2) is 0 Å². The van der Waals surface area contributed by atoms with Gasteiger partial charge in [-0.15, -0.1) is 0 Å². The third-order valence-electron chi connectivity index (χ3n) is 1.88. The Balaban J connectivity index is 2.37. The molecule has 0 aromatic rings. The minimum absolute atomic E-state index is 0.160. The standard InChI is InChI=1S/C7H14O2/c1-7(6-8)4-2-3-5-9-7/h8H,2-6H2,1H3/t7-/m0/s1. The summed E-state index contributed by atoms with van der Waals surface area (Å²) >= 11 is 0. The van der Waals surface area contributed by atoms with Crippen LogP contribution in [0.3, 0.4) is 0 Å². The highest BCUT2D eigenvalue weighted by molar-refractivity contribution is 4.76. The van der Waals surface area contributed by atoms with Crippen molar-refractivity contribution in [3.63, 3.8) is 0 Å². The van der Waals surface area contributed by atoms with Gasteiger partial charge >= 0.3 is 0 Å². The van der Waals surface area contributed by atoms with Gasteiger partial charge in [-0.2, -0.15) is 0 Å². The molecule has 2 heteroatoms. The topological polar surface area (TPSA) is 29.5 Å². The van der Waals surface area contributed by atoms with Crippen LogP contribution in [0.1, 0.15) is 26.2 Å². The molecule has 1 aliphatic heterocycles. The smallest absolute Gasteiger partial charge is 0.0884 e. The Hall–Kier alpha value is -0.0800. The van der Waals surface area contributed by atoms with E-state index in [9.17, 15) is 0 Å². The summed E-state index contributed by atoms with van der Waals surface area (Å²) in [6, 6.07) is 0. The van der Waals surface area contributed by atoms with Crippen LogP contribution in [0.4, 0.5) is 0 Å². The summed E-state index contributed by atoms with van der Waals surface area (Å²) in [6.07, 6.45) is 3.34. The van der Waals surface area contributed by atoms with Crippen LogP contribution in [-0.4, -0.2) is 23.9 Å². The first-order chi connectivity index (χ1) is 4.27. The Morgan fingerprint density at radius 3 is 2.67 bits per heavy atom. The van der Waals surface area contributed by atoms with E-state index in [0.717, 1.165) is 19.4 Å². The quantitative estimate of drug-likeness (QED) is 0.572. The lowest BCUT2D eigenvalue weighted by Gasteiger charge is -2.31. The fraction of sp³-hybridized carbons (Fsp3) is 1.00. The first kappa shape index (κ1) is 7.03. The van der Waals surface area contributed by atoms with Crippen molar-refractivity contribution < 1.29 is 9.84 Å². The normalized spacial score (nSPS) is 36.7. The van der Waals surface area contributed by atoms with E-state index in [1.165, 1.54) is 6.42 Å². The molecule has 0 amide bonds. The monoisotopic (exact) mass is 130 g/mol. The van der Waals surface area contributed by atoms with E-state index < -0.39 is 0 Å². The molecule has 1 N–H and O–H groups in total. The lowest BCUT2D eigenvalue weighted by Crippen LogP contribution is -2.36. The highest BCUT2D eigenvalue weighted by Gasteiger charge is 2.26. The molecule has 0 bridgehead atoms. The second-order valence-electron chi connectivity index (χ2n) is 2.91. The van der Waals surface area contributed by atoms with E-state index in [4.69, 9.17) is 9.84 Å². The van der Waals surface area contributed by atoms with Gasteiger partial charge in [0.2, 0.25) is 0 Å². The Bertz CT molecular complexity index is 84.9. The third kappa shape index (κ3) is 1.66. The van der Waals surface area contributed by atoms with Crippen LogP contribution in [0.25, 0.3) is 0 Å². The zero-order chi connectivity index (χ0) is 6.74. The van der Waals surface area contributed by atoms with Gasteiger partial charge in [-0.1, -0.05) is 0 Å². The molecule has 1 aliphatic rings. The van der Waals surface area contributed by atoms with E-state index in [2.05, 4.69) is 0 Å². The van der Waals surface area contributed by atoms with Gasteiger partial charge in [-0.3, -0.25) is 0 Å². The summed E-state index contributed by atoms with van der Waals surface area (Å²) in [5, 5.41) is 8.83. The van der Waals surface area contributed by atoms with Crippen LogP contribution in [0.5, 0.6) is 0 Å². The van der Waals surface area contributed by atoms with E-state index in [0.29, 0.717) is 0 Å². The molecular formula is C7H14O2. The summed E-state index contributed by atoms with van der Waals surface area (Å²) in [4.78, 5) is 0. The van der Waals surface area contributed by atoms with Gasteiger partial charge in [0.05, 0.1) is 12.2 Å². The predicted molar refractivity (Wildman–Crippen MR) is 35.3 cm³/mol. The Morgan fingerprint density at radius 1 is 1.56 bits per heavy atom. The van der Waals surface area contributed by atoms with Crippen LogP contribution < -0.4 is 0 Å². The molecule has 1 rings (SSSR count). The van der Waals surface area contributed by atoms with Crippen molar-refractivity contribution in [3.05, 3.63) is 0 Å². The molecule has 0 aromatic carbocycles. The molecule has 1 saturated heterocycles. The molecule has 0 aromatic heterocycles. The number of ether oxygens (including phenoxy) is 1. The average Bonchev–Trinajstić information content (AvgIpc) is 1.90. The fourth-order valence-corrected chi connectivity index (χ4v) is 1.12. The van der Waals surface area contributed by atoms with Crippen LogP contribution in [-0.2, 0) is 4.74 Å². The van der Waals surface area contributed by atoms with Crippen LogP contribution in [0.2, 0.25) is 0 Å². The van der Waals surface area contributed by atoms with E-state index in [-0.39, 0.29) is 12.2 Å². The molecule has 1 atom stereocenters. The number of aliphatic hydroxyl groups is 1. The SMILES string of the molecule is C[C@@]1(CO)CCCCO1. The Kier molecular flexibility index (Phi) is 2.09. The van der Waals surface area contributed by atoms with Crippen LogP contribution in [0, 0.1) is 0 Å². The summed E-state index contributed by atoms with van der Waals surface area (Å²) in [5.74, 6) is 0. The van der Waals surface area contributed by atoms with Gasteiger partial charge in [-0.05, 0) is 26.2 Å². The van der Waals surface area contributed by atoms with E-state index in [1.807, 2.05) is 6.92 Å². The fourth-order valence-electron chi connectivity index (χ4n) is 1.12. The van der Waals surface area contributed by atoms with Gasteiger partial charge in [0.25, 0.3) is 0 Å². The summed E-state index contributed by atoms with van der Waals surface area (Å²) in [5.41, 5.74) is -0.224. The van der Waals surface area contributed by atoms with Gasteiger partial charge in [-0.25, -0.2) is 0 Å². The van der Waals surface area contributed by atoms with E-state index >= 15 is 0 Å². The first-order valence-electron chi connectivity index (χ1n) is 3.52. The molecule has 1 fully saturated rings. The third-order valence-corrected chi connectivity index (χ3v) is 1.88. The van der Waals surface area contributed by atoms with Crippen molar-refractivity contribution in [2.24, 2.45) is 0 Å². The first-order valence-corrected chi connectivity index (χ1v) is 3.52. The van der Waals surface area contributed by atoms with Crippen molar-refractivity contribution in [1.82, 2.24) is 0 Å². The maximum atomic E-state index is 8.83. The minimum atomic E-state index is -0.224. The number of hydrogen-bond donors (Lipinski definition) is 1. The summed E-state index contributed by atoms with van der Waals surface area (Å²) < 4.78 is 5.36. The Morgan fingerprint density at radius 2 is 2.33 bits per heavy atom. The van der Waals surface area contributed by atoms with E-state index in [1.54, 1.807) is 0 Å².